The van der Waals surface area contributed by atoms with E-state index in [-0.39, 0.29) is 12.7 Å². The molecular weight excluding hydrogens is 300 g/mol. The van der Waals surface area contributed by atoms with Crippen molar-refractivity contribution in [3.05, 3.63) is 42.0 Å². The lowest BCUT2D eigenvalue weighted by Gasteiger charge is -2.11. The van der Waals surface area contributed by atoms with Gasteiger partial charge in [0.2, 0.25) is 0 Å². The SMILES string of the molecule is CC(O)CSCCc1cccc2c(OCC(=O)O)cccc12. The van der Waals surface area contributed by atoms with Gasteiger partial charge in [-0.05, 0) is 36.1 Å². The molecule has 1 atom stereocenters. The van der Waals surface area contributed by atoms with E-state index >= 15 is 0 Å². The monoisotopic (exact) mass is 320 g/mol. The van der Waals surface area contributed by atoms with E-state index in [0.717, 1.165) is 28.7 Å². The van der Waals surface area contributed by atoms with E-state index in [9.17, 15) is 9.90 Å². The van der Waals surface area contributed by atoms with Gasteiger partial charge in [0.1, 0.15) is 5.75 Å². The number of carboxylic acids is 1. The largest absolute Gasteiger partial charge is 0.481 e. The van der Waals surface area contributed by atoms with Crippen LogP contribution in [0.15, 0.2) is 36.4 Å². The van der Waals surface area contributed by atoms with Gasteiger partial charge in [-0.25, -0.2) is 4.79 Å². The molecule has 0 aromatic heterocycles. The molecule has 0 amide bonds. The fourth-order valence-electron chi connectivity index (χ4n) is 2.27. The van der Waals surface area contributed by atoms with Crippen molar-refractivity contribution in [2.45, 2.75) is 19.4 Å². The molecule has 118 valence electrons. The number of aliphatic hydroxyl groups is 1. The third-order valence-electron chi connectivity index (χ3n) is 3.20. The van der Waals surface area contributed by atoms with Gasteiger partial charge in [-0.2, -0.15) is 11.8 Å². The zero-order chi connectivity index (χ0) is 15.9. The molecule has 0 aliphatic rings. The lowest BCUT2D eigenvalue weighted by molar-refractivity contribution is -0.139. The summed E-state index contributed by atoms with van der Waals surface area (Å²) in [5.74, 6) is 1.28. The Morgan fingerprint density at radius 3 is 2.68 bits per heavy atom. The van der Waals surface area contributed by atoms with Crippen LogP contribution in [0.4, 0.5) is 0 Å². The summed E-state index contributed by atoms with van der Waals surface area (Å²) >= 11 is 1.72. The molecule has 0 saturated carbocycles. The topological polar surface area (TPSA) is 66.8 Å². The number of benzene rings is 2. The molecule has 0 aliphatic heterocycles. The number of aliphatic hydroxyl groups excluding tert-OH is 1. The van der Waals surface area contributed by atoms with Gasteiger partial charge in [0.15, 0.2) is 6.61 Å². The molecule has 4 nitrogen and oxygen atoms in total. The molecule has 5 heteroatoms. The van der Waals surface area contributed by atoms with Crippen molar-refractivity contribution in [3.63, 3.8) is 0 Å². The molecule has 1 unspecified atom stereocenters. The van der Waals surface area contributed by atoms with Crippen LogP contribution in [0.3, 0.4) is 0 Å². The second-order valence-electron chi connectivity index (χ2n) is 5.12. The highest BCUT2D eigenvalue weighted by molar-refractivity contribution is 7.99. The van der Waals surface area contributed by atoms with Gasteiger partial charge in [-0.15, -0.1) is 0 Å². The normalized spacial score (nSPS) is 12.3. The number of hydrogen-bond donors (Lipinski definition) is 2. The predicted octanol–water partition coefficient (Wildman–Crippen LogP) is 2.96. The molecule has 0 aliphatic carbocycles. The summed E-state index contributed by atoms with van der Waals surface area (Å²) < 4.78 is 5.35. The van der Waals surface area contributed by atoms with Crippen molar-refractivity contribution in [2.75, 3.05) is 18.1 Å². The molecule has 2 aromatic carbocycles. The zero-order valence-corrected chi connectivity index (χ0v) is 13.3. The van der Waals surface area contributed by atoms with Crippen molar-refractivity contribution in [1.82, 2.24) is 0 Å². The van der Waals surface area contributed by atoms with Crippen molar-refractivity contribution in [1.29, 1.82) is 0 Å². The molecule has 0 spiro atoms. The van der Waals surface area contributed by atoms with E-state index < -0.39 is 5.97 Å². The minimum Gasteiger partial charge on any atom is -0.481 e. The number of aliphatic carboxylic acids is 1. The summed E-state index contributed by atoms with van der Waals surface area (Å²) in [6, 6.07) is 11.7. The Labute approximate surface area is 134 Å². The summed E-state index contributed by atoms with van der Waals surface area (Å²) in [7, 11) is 0. The van der Waals surface area contributed by atoms with Gasteiger partial charge in [-0.3, -0.25) is 0 Å². The maximum Gasteiger partial charge on any atom is 0.341 e. The standard InChI is InChI=1S/C17H20O4S/c1-12(18)11-22-9-8-13-4-2-6-15-14(13)5-3-7-16(15)21-10-17(19)20/h2-7,12,18H,8-11H2,1H3,(H,19,20). The fourth-order valence-corrected chi connectivity index (χ4v) is 3.14. The van der Waals surface area contributed by atoms with Crippen LogP contribution in [0.25, 0.3) is 10.8 Å². The molecule has 2 rings (SSSR count). The summed E-state index contributed by atoms with van der Waals surface area (Å²) in [6.07, 6.45) is 0.616. The average molecular weight is 320 g/mol. The predicted molar refractivity (Wildman–Crippen MR) is 89.8 cm³/mol. The third-order valence-corrected chi connectivity index (χ3v) is 4.41. The highest BCUT2D eigenvalue weighted by Crippen LogP contribution is 2.28. The van der Waals surface area contributed by atoms with E-state index in [1.165, 1.54) is 5.56 Å². The van der Waals surface area contributed by atoms with Gasteiger partial charge < -0.3 is 14.9 Å². The number of aryl methyl sites for hydroxylation is 1. The molecule has 0 radical (unpaired) electrons. The van der Waals surface area contributed by atoms with Crippen molar-refractivity contribution < 1.29 is 19.7 Å². The van der Waals surface area contributed by atoms with Gasteiger partial charge >= 0.3 is 5.97 Å². The zero-order valence-electron chi connectivity index (χ0n) is 12.5. The number of fused-ring (bicyclic) bond motifs is 1. The summed E-state index contributed by atoms with van der Waals surface area (Å²) in [5.41, 5.74) is 1.20. The van der Waals surface area contributed by atoms with Crippen LogP contribution < -0.4 is 4.74 Å². The Kier molecular flexibility index (Phi) is 6.10. The number of hydrogen-bond acceptors (Lipinski definition) is 4. The van der Waals surface area contributed by atoms with Gasteiger partial charge in [-0.1, -0.05) is 30.3 Å². The first-order valence-corrected chi connectivity index (χ1v) is 8.34. The van der Waals surface area contributed by atoms with E-state index in [4.69, 9.17) is 9.84 Å². The Morgan fingerprint density at radius 2 is 1.95 bits per heavy atom. The Bertz CT molecular complexity index is 640. The summed E-state index contributed by atoms with van der Waals surface area (Å²) in [4.78, 5) is 10.7. The second kappa shape index (κ2) is 8.06. The molecule has 0 saturated heterocycles. The minimum atomic E-state index is -0.984. The van der Waals surface area contributed by atoms with E-state index in [1.54, 1.807) is 24.8 Å². The molecule has 22 heavy (non-hydrogen) atoms. The van der Waals surface area contributed by atoms with Crippen LogP contribution in [-0.2, 0) is 11.2 Å². The quantitative estimate of drug-likeness (QED) is 0.732. The second-order valence-corrected chi connectivity index (χ2v) is 6.27. The number of ether oxygens (including phenoxy) is 1. The fraction of sp³-hybridized carbons (Fsp3) is 0.353. The van der Waals surface area contributed by atoms with Gasteiger partial charge in [0.25, 0.3) is 0 Å². The first-order chi connectivity index (χ1) is 10.6. The lowest BCUT2D eigenvalue weighted by atomic mass is 10.0. The molecule has 0 bridgehead atoms. The highest BCUT2D eigenvalue weighted by Gasteiger charge is 2.07. The van der Waals surface area contributed by atoms with Crippen LogP contribution in [0.1, 0.15) is 12.5 Å². The highest BCUT2D eigenvalue weighted by atomic mass is 32.2. The average Bonchev–Trinajstić information content (AvgIpc) is 2.49. The molecule has 2 N–H and O–H groups in total. The van der Waals surface area contributed by atoms with Crippen LogP contribution in [0, 0.1) is 0 Å². The van der Waals surface area contributed by atoms with Gasteiger partial charge in [0, 0.05) is 11.1 Å². The van der Waals surface area contributed by atoms with Crippen molar-refractivity contribution >= 4 is 28.5 Å². The molecular formula is C17H20O4S. The Hall–Kier alpha value is -1.72. The van der Waals surface area contributed by atoms with Gasteiger partial charge in [0.05, 0.1) is 6.10 Å². The Morgan fingerprint density at radius 1 is 1.23 bits per heavy atom. The first kappa shape index (κ1) is 16.6. The number of carbonyl (C=O) groups is 1. The van der Waals surface area contributed by atoms with Crippen LogP contribution in [0.5, 0.6) is 5.75 Å². The maximum atomic E-state index is 10.7. The van der Waals surface area contributed by atoms with Crippen LogP contribution in [-0.4, -0.2) is 40.4 Å². The first-order valence-electron chi connectivity index (χ1n) is 7.19. The van der Waals surface area contributed by atoms with Crippen LogP contribution in [0.2, 0.25) is 0 Å². The Balaban J connectivity index is 2.14. The van der Waals surface area contributed by atoms with Crippen LogP contribution >= 0.6 is 11.8 Å². The van der Waals surface area contributed by atoms with Crippen molar-refractivity contribution in [3.8, 4) is 5.75 Å². The lowest BCUT2D eigenvalue weighted by Crippen LogP contribution is -2.09. The van der Waals surface area contributed by atoms with E-state index in [0.29, 0.717) is 5.75 Å². The van der Waals surface area contributed by atoms with E-state index in [1.807, 2.05) is 24.3 Å². The number of carboxylic acid groups (broad SMARTS) is 1. The molecule has 2 aromatic rings. The molecule has 0 heterocycles. The number of rotatable bonds is 8. The van der Waals surface area contributed by atoms with E-state index in [2.05, 4.69) is 6.07 Å². The molecule has 0 fully saturated rings. The smallest absolute Gasteiger partial charge is 0.341 e. The number of thioether (sulfide) groups is 1. The summed E-state index contributed by atoms with van der Waals surface area (Å²) in [6.45, 7) is 1.45. The maximum absolute atomic E-state index is 10.7. The van der Waals surface area contributed by atoms with Crippen molar-refractivity contribution in [2.24, 2.45) is 0 Å². The summed E-state index contributed by atoms with van der Waals surface area (Å²) in [5, 5.41) is 20.0. The minimum absolute atomic E-state index is 0.284. The third kappa shape index (κ3) is 4.64.